The van der Waals surface area contributed by atoms with E-state index >= 15 is 0 Å². The number of amides is 2. The number of anilines is 2. The zero-order chi connectivity index (χ0) is 17.8. The lowest BCUT2D eigenvalue weighted by molar-refractivity contribution is 0.159. The molecule has 3 rings (SSSR count). The standard InChI is InChI=1S/C20H25N3O2/c1-23(2)16-9-6-14(7-10-16)13-21-20(25)22-19-5-3-4-15-8-11-17(24)12-18(15)19/h3-7,9-10,17,24H,8,11-13H2,1-2H3,(H2,21,22,25). The van der Waals surface area contributed by atoms with E-state index in [1.807, 2.05) is 55.4 Å². The molecule has 2 aromatic carbocycles. The van der Waals surface area contributed by atoms with Gasteiger partial charge >= 0.3 is 6.03 Å². The van der Waals surface area contributed by atoms with Crippen LogP contribution >= 0.6 is 0 Å². The molecule has 1 unspecified atom stereocenters. The molecule has 0 bridgehead atoms. The molecule has 3 N–H and O–H groups in total. The Hall–Kier alpha value is -2.53. The first kappa shape index (κ1) is 17.3. The molecule has 1 aliphatic rings. The summed E-state index contributed by atoms with van der Waals surface area (Å²) in [6.45, 7) is 0.469. The van der Waals surface area contributed by atoms with E-state index in [1.165, 1.54) is 5.56 Å². The van der Waals surface area contributed by atoms with Gasteiger partial charge in [-0.25, -0.2) is 4.79 Å². The molecule has 0 radical (unpaired) electrons. The Labute approximate surface area is 148 Å². The number of hydrogen-bond donors (Lipinski definition) is 3. The van der Waals surface area contributed by atoms with Crippen molar-refractivity contribution in [1.29, 1.82) is 0 Å². The van der Waals surface area contributed by atoms with E-state index in [-0.39, 0.29) is 12.1 Å². The summed E-state index contributed by atoms with van der Waals surface area (Å²) in [6, 6.07) is 13.8. The van der Waals surface area contributed by atoms with Crippen LogP contribution < -0.4 is 15.5 Å². The minimum atomic E-state index is -0.325. The fourth-order valence-electron chi connectivity index (χ4n) is 3.15. The molecule has 5 nitrogen and oxygen atoms in total. The number of benzene rings is 2. The first-order chi connectivity index (χ1) is 12.0. The minimum Gasteiger partial charge on any atom is -0.393 e. The van der Waals surface area contributed by atoms with Gasteiger partial charge in [0.1, 0.15) is 0 Å². The number of urea groups is 1. The second-order valence-corrected chi connectivity index (χ2v) is 6.71. The normalized spacial score (nSPS) is 16.0. The van der Waals surface area contributed by atoms with Crippen molar-refractivity contribution >= 4 is 17.4 Å². The van der Waals surface area contributed by atoms with E-state index in [4.69, 9.17) is 0 Å². The number of hydrogen-bond acceptors (Lipinski definition) is 3. The molecule has 0 aromatic heterocycles. The number of carbonyl (C=O) groups excluding carboxylic acids is 1. The third-order valence-corrected chi connectivity index (χ3v) is 4.61. The molecule has 0 fully saturated rings. The number of aliphatic hydroxyl groups is 1. The molecule has 2 amide bonds. The Kier molecular flexibility index (Phi) is 5.24. The molecular weight excluding hydrogens is 314 g/mol. The van der Waals surface area contributed by atoms with Gasteiger partial charge in [0.05, 0.1) is 6.10 Å². The Morgan fingerprint density at radius 1 is 1.20 bits per heavy atom. The van der Waals surface area contributed by atoms with Crippen molar-refractivity contribution in [3.05, 3.63) is 59.2 Å². The van der Waals surface area contributed by atoms with Crippen LogP contribution in [0.2, 0.25) is 0 Å². The predicted octanol–water partition coefficient (Wildman–Crippen LogP) is 2.92. The van der Waals surface area contributed by atoms with Crippen molar-refractivity contribution in [1.82, 2.24) is 5.32 Å². The fraction of sp³-hybridized carbons (Fsp3) is 0.350. The van der Waals surface area contributed by atoms with Gasteiger partial charge in [0, 0.05) is 38.4 Å². The minimum absolute atomic E-state index is 0.231. The van der Waals surface area contributed by atoms with Gasteiger partial charge in [0.25, 0.3) is 0 Å². The van der Waals surface area contributed by atoms with Gasteiger partial charge in [-0.3, -0.25) is 0 Å². The third kappa shape index (κ3) is 4.31. The van der Waals surface area contributed by atoms with Crippen LogP contribution in [0, 0.1) is 0 Å². The van der Waals surface area contributed by atoms with E-state index in [1.54, 1.807) is 0 Å². The molecule has 0 saturated heterocycles. The van der Waals surface area contributed by atoms with Gasteiger partial charge < -0.3 is 20.6 Å². The molecule has 2 aromatic rings. The summed E-state index contributed by atoms with van der Waals surface area (Å²) >= 11 is 0. The largest absolute Gasteiger partial charge is 0.393 e. The lowest BCUT2D eigenvalue weighted by atomic mass is 9.88. The number of rotatable bonds is 4. The molecule has 1 atom stereocenters. The van der Waals surface area contributed by atoms with Crippen LogP contribution in [0.25, 0.3) is 0 Å². The van der Waals surface area contributed by atoms with Gasteiger partial charge in [0.15, 0.2) is 0 Å². The highest BCUT2D eigenvalue weighted by Gasteiger charge is 2.19. The lowest BCUT2D eigenvalue weighted by Gasteiger charge is -2.23. The maximum atomic E-state index is 12.2. The third-order valence-electron chi connectivity index (χ3n) is 4.61. The molecule has 0 spiro atoms. The van der Waals surface area contributed by atoms with Gasteiger partial charge in [-0.05, 0) is 47.7 Å². The summed E-state index contributed by atoms with van der Waals surface area (Å²) in [7, 11) is 4.00. The van der Waals surface area contributed by atoms with Crippen LogP contribution in [-0.4, -0.2) is 31.3 Å². The van der Waals surface area contributed by atoms with Crippen LogP contribution in [0.3, 0.4) is 0 Å². The fourth-order valence-corrected chi connectivity index (χ4v) is 3.15. The molecule has 0 aliphatic heterocycles. The molecule has 132 valence electrons. The zero-order valence-electron chi connectivity index (χ0n) is 14.7. The van der Waals surface area contributed by atoms with Crippen molar-refractivity contribution in [2.75, 3.05) is 24.3 Å². The van der Waals surface area contributed by atoms with Crippen LogP contribution in [0.1, 0.15) is 23.1 Å². The van der Waals surface area contributed by atoms with Crippen molar-refractivity contribution in [3.63, 3.8) is 0 Å². The average Bonchev–Trinajstić information content (AvgIpc) is 2.61. The molecule has 1 aliphatic carbocycles. The maximum Gasteiger partial charge on any atom is 0.319 e. The maximum absolute atomic E-state index is 12.2. The molecular formula is C20H25N3O2. The smallest absolute Gasteiger partial charge is 0.319 e. The van der Waals surface area contributed by atoms with Gasteiger partial charge in [0.2, 0.25) is 0 Å². The Morgan fingerprint density at radius 2 is 1.96 bits per heavy atom. The Balaban J connectivity index is 1.60. The summed E-state index contributed by atoms with van der Waals surface area (Å²) in [6.07, 6.45) is 1.91. The summed E-state index contributed by atoms with van der Waals surface area (Å²) < 4.78 is 0. The van der Waals surface area contributed by atoms with Crippen LogP contribution in [-0.2, 0) is 19.4 Å². The van der Waals surface area contributed by atoms with Crippen molar-refractivity contribution < 1.29 is 9.90 Å². The molecule has 0 heterocycles. The number of fused-ring (bicyclic) bond motifs is 1. The summed E-state index contributed by atoms with van der Waals surface area (Å²) in [5.41, 5.74) is 5.22. The van der Waals surface area contributed by atoms with Gasteiger partial charge in [-0.1, -0.05) is 24.3 Å². The number of nitrogens with one attached hydrogen (secondary N) is 2. The topological polar surface area (TPSA) is 64.6 Å². The van der Waals surface area contributed by atoms with Crippen LogP contribution in [0.4, 0.5) is 16.2 Å². The van der Waals surface area contributed by atoms with E-state index in [9.17, 15) is 9.90 Å². The summed E-state index contributed by atoms with van der Waals surface area (Å²) in [4.78, 5) is 14.3. The second-order valence-electron chi connectivity index (χ2n) is 6.71. The Morgan fingerprint density at radius 3 is 2.68 bits per heavy atom. The predicted molar refractivity (Wildman–Crippen MR) is 101 cm³/mol. The number of carbonyl (C=O) groups is 1. The summed E-state index contributed by atoms with van der Waals surface area (Å²) in [5.74, 6) is 0. The number of nitrogens with zero attached hydrogens (tertiary/aromatic N) is 1. The monoisotopic (exact) mass is 339 g/mol. The highest BCUT2D eigenvalue weighted by Crippen LogP contribution is 2.28. The van der Waals surface area contributed by atoms with E-state index in [2.05, 4.69) is 16.7 Å². The number of aliphatic hydroxyl groups excluding tert-OH is 1. The van der Waals surface area contributed by atoms with E-state index < -0.39 is 0 Å². The lowest BCUT2D eigenvalue weighted by Crippen LogP contribution is -2.29. The first-order valence-corrected chi connectivity index (χ1v) is 8.63. The second kappa shape index (κ2) is 7.57. The van der Waals surface area contributed by atoms with Crippen LogP contribution in [0.5, 0.6) is 0 Å². The van der Waals surface area contributed by atoms with Crippen LogP contribution in [0.15, 0.2) is 42.5 Å². The quantitative estimate of drug-likeness (QED) is 0.802. The van der Waals surface area contributed by atoms with Gasteiger partial charge in [-0.2, -0.15) is 0 Å². The van der Waals surface area contributed by atoms with Crippen molar-refractivity contribution in [2.24, 2.45) is 0 Å². The van der Waals surface area contributed by atoms with Crippen molar-refractivity contribution in [3.8, 4) is 0 Å². The zero-order valence-corrected chi connectivity index (χ0v) is 14.7. The van der Waals surface area contributed by atoms with Gasteiger partial charge in [-0.15, -0.1) is 0 Å². The van der Waals surface area contributed by atoms with Crippen molar-refractivity contribution in [2.45, 2.75) is 31.9 Å². The molecule has 5 heteroatoms. The van der Waals surface area contributed by atoms with E-state index in [0.29, 0.717) is 13.0 Å². The highest BCUT2D eigenvalue weighted by molar-refractivity contribution is 5.90. The Bertz CT molecular complexity index is 741. The molecule has 0 saturated carbocycles. The summed E-state index contributed by atoms with van der Waals surface area (Å²) in [5, 5.41) is 15.7. The highest BCUT2D eigenvalue weighted by atomic mass is 16.3. The number of aryl methyl sites for hydroxylation is 1. The SMILES string of the molecule is CN(C)c1ccc(CNC(=O)Nc2cccc3c2CC(O)CC3)cc1. The molecule has 25 heavy (non-hydrogen) atoms. The first-order valence-electron chi connectivity index (χ1n) is 8.63. The average molecular weight is 339 g/mol. The van der Waals surface area contributed by atoms with E-state index in [0.717, 1.165) is 35.3 Å².